The topological polar surface area (TPSA) is 20.2 Å². The summed E-state index contributed by atoms with van der Waals surface area (Å²) in [6.07, 6.45) is 5.03. The predicted molar refractivity (Wildman–Crippen MR) is 42.5 cm³/mol. The Morgan fingerprint density at radius 1 is 1.22 bits per heavy atom. The highest BCUT2D eigenvalue weighted by Gasteiger charge is 2.16. The Balaban J connectivity index is 2.18. The van der Waals surface area contributed by atoms with Crippen LogP contribution >= 0.6 is 9.24 Å². The third kappa shape index (κ3) is 2.23. The van der Waals surface area contributed by atoms with Gasteiger partial charge in [0, 0.05) is 6.61 Å². The molecule has 0 aromatic heterocycles. The Morgan fingerprint density at radius 3 is 2.22 bits per heavy atom. The van der Waals surface area contributed by atoms with Gasteiger partial charge in [0.05, 0.1) is 0 Å². The van der Waals surface area contributed by atoms with Crippen molar-refractivity contribution in [1.29, 1.82) is 0 Å². The van der Waals surface area contributed by atoms with Crippen molar-refractivity contribution in [3.63, 3.8) is 0 Å². The van der Waals surface area contributed by atoms with E-state index < -0.39 is 0 Å². The molecule has 0 heterocycles. The van der Waals surface area contributed by atoms with E-state index in [1.807, 2.05) is 0 Å². The number of aliphatic hydroxyl groups is 1. The van der Waals surface area contributed by atoms with Gasteiger partial charge in [-0.2, -0.15) is 0 Å². The summed E-state index contributed by atoms with van der Waals surface area (Å²) in [4.78, 5) is 0. The van der Waals surface area contributed by atoms with Gasteiger partial charge in [-0.05, 0) is 37.3 Å². The van der Waals surface area contributed by atoms with Crippen LogP contribution < -0.4 is 0 Å². The predicted octanol–water partition coefficient (Wildman–Crippen LogP) is 1.41. The number of hydrogen-bond acceptors (Lipinski definition) is 1. The zero-order valence-electron chi connectivity index (χ0n) is 5.71. The molecule has 1 aliphatic carbocycles. The molecule has 0 bridgehead atoms. The van der Waals surface area contributed by atoms with Crippen LogP contribution in [0.25, 0.3) is 0 Å². The molecule has 54 valence electrons. The van der Waals surface area contributed by atoms with Crippen molar-refractivity contribution in [1.82, 2.24) is 0 Å². The van der Waals surface area contributed by atoms with E-state index in [2.05, 4.69) is 9.24 Å². The monoisotopic (exact) mass is 146 g/mol. The van der Waals surface area contributed by atoms with Gasteiger partial charge in [-0.3, -0.25) is 0 Å². The van der Waals surface area contributed by atoms with Crippen LogP contribution in [0.1, 0.15) is 25.7 Å². The van der Waals surface area contributed by atoms with Crippen molar-refractivity contribution in [2.45, 2.75) is 31.3 Å². The van der Waals surface area contributed by atoms with E-state index >= 15 is 0 Å². The van der Waals surface area contributed by atoms with Crippen molar-refractivity contribution in [3.8, 4) is 0 Å². The second kappa shape index (κ2) is 3.53. The first-order valence-corrected chi connectivity index (χ1v) is 4.36. The maximum atomic E-state index is 8.77. The van der Waals surface area contributed by atoms with Gasteiger partial charge in [-0.25, -0.2) is 0 Å². The summed E-state index contributed by atoms with van der Waals surface area (Å²) in [5, 5.41) is 8.77. The molecule has 1 atom stereocenters. The van der Waals surface area contributed by atoms with Crippen molar-refractivity contribution >= 4 is 9.24 Å². The van der Waals surface area contributed by atoms with Gasteiger partial charge >= 0.3 is 0 Å². The highest BCUT2D eigenvalue weighted by atomic mass is 31.0. The molecule has 1 rings (SSSR count). The third-order valence-corrected chi connectivity index (χ3v) is 2.82. The van der Waals surface area contributed by atoms with Crippen molar-refractivity contribution < 1.29 is 5.11 Å². The maximum absolute atomic E-state index is 8.77. The summed E-state index contributed by atoms with van der Waals surface area (Å²) in [5.41, 5.74) is 0.827. The summed E-state index contributed by atoms with van der Waals surface area (Å²) in [5.74, 6) is 0.613. The zero-order valence-corrected chi connectivity index (χ0v) is 6.87. The standard InChI is InChI=1S/C7H15OP/c8-5-6-1-3-7(9)4-2-6/h6-8H,1-5,9H2. The van der Waals surface area contributed by atoms with Gasteiger partial charge in [0.2, 0.25) is 0 Å². The lowest BCUT2D eigenvalue weighted by molar-refractivity contribution is 0.192. The average molecular weight is 146 g/mol. The fraction of sp³-hybridized carbons (Fsp3) is 1.00. The first-order valence-electron chi connectivity index (χ1n) is 3.69. The van der Waals surface area contributed by atoms with Crippen molar-refractivity contribution in [2.24, 2.45) is 5.92 Å². The Kier molecular flexibility index (Phi) is 2.94. The Bertz CT molecular complexity index is 77.0. The largest absolute Gasteiger partial charge is 0.396 e. The van der Waals surface area contributed by atoms with Gasteiger partial charge in [0.15, 0.2) is 0 Å². The van der Waals surface area contributed by atoms with Crippen molar-refractivity contribution in [3.05, 3.63) is 0 Å². The van der Waals surface area contributed by atoms with Gasteiger partial charge in [-0.1, -0.05) is 0 Å². The Hall–Kier alpha value is 0.390. The summed E-state index contributed by atoms with van der Waals surface area (Å²) in [6.45, 7) is 0.400. The molecule has 0 amide bonds. The third-order valence-electron chi connectivity index (χ3n) is 2.15. The van der Waals surface area contributed by atoms with Crippen LogP contribution in [-0.4, -0.2) is 17.4 Å². The summed E-state index contributed by atoms with van der Waals surface area (Å²) in [7, 11) is 2.86. The molecule has 1 fully saturated rings. The Labute approximate surface area is 59.0 Å². The fourth-order valence-electron chi connectivity index (χ4n) is 1.37. The fourth-order valence-corrected chi connectivity index (χ4v) is 1.76. The molecule has 0 saturated heterocycles. The average Bonchev–Trinajstić information content (AvgIpc) is 1.90. The molecule has 0 radical (unpaired) electrons. The lowest BCUT2D eigenvalue weighted by Crippen LogP contribution is -2.16. The summed E-state index contributed by atoms with van der Waals surface area (Å²) in [6, 6.07) is 0. The number of hydrogen-bond donors (Lipinski definition) is 1. The molecule has 1 saturated carbocycles. The molecule has 1 unspecified atom stereocenters. The van der Waals surface area contributed by atoms with Gasteiger partial charge in [0.1, 0.15) is 0 Å². The highest BCUT2D eigenvalue weighted by Crippen LogP contribution is 2.27. The van der Waals surface area contributed by atoms with E-state index in [0.717, 1.165) is 5.66 Å². The molecule has 9 heavy (non-hydrogen) atoms. The van der Waals surface area contributed by atoms with Gasteiger partial charge < -0.3 is 5.11 Å². The summed E-state index contributed by atoms with van der Waals surface area (Å²) >= 11 is 0. The minimum Gasteiger partial charge on any atom is -0.396 e. The van der Waals surface area contributed by atoms with E-state index in [-0.39, 0.29) is 0 Å². The second-order valence-electron chi connectivity index (χ2n) is 2.96. The number of rotatable bonds is 1. The molecule has 0 spiro atoms. The smallest absolute Gasteiger partial charge is 0.0459 e. The van der Waals surface area contributed by atoms with Crippen LogP contribution in [0.15, 0.2) is 0 Å². The SMILES string of the molecule is OCC1CCC(P)CC1. The van der Waals surface area contributed by atoms with Crippen LogP contribution in [0, 0.1) is 5.92 Å². The van der Waals surface area contributed by atoms with Crippen LogP contribution in [-0.2, 0) is 0 Å². The van der Waals surface area contributed by atoms with E-state index in [9.17, 15) is 0 Å². The summed E-state index contributed by atoms with van der Waals surface area (Å²) < 4.78 is 0. The molecule has 0 aromatic rings. The van der Waals surface area contributed by atoms with E-state index in [4.69, 9.17) is 5.11 Å². The molecular formula is C7H15OP. The van der Waals surface area contributed by atoms with Gasteiger partial charge in [-0.15, -0.1) is 9.24 Å². The first-order chi connectivity index (χ1) is 4.33. The van der Waals surface area contributed by atoms with E-state index in [1.54, 1.807) is 0 Å². The van der Waals surface area contributed by atoms with Crippen LogP contribution in [0.4, 0.5) is 0 Å². The maximum Gasteiger partial charge on any atom is 0.0459 e. The molecule has 2 heteroatoms. The molecule has 0 aromatic carbocycles. The molecule has 0 aliphatic heterocycles. The second-order valence-corrected chi connectivity index (χ2v) is 3.91. The first kappa shape index (κ1) is 7.50. The van der Waals surface area contributed by atoms with Gasteiger partial charge in [0.25, 0.3) is 0 Å². The lowest BCUT2D eigenvalue weighted by atomic mass is 9.90. The van der Waals surface area contributed by atoms with E-state index in [1.165, 1.54) is 25.7 Å². The van der Waals surface area contributed by atoms with E-state index in [0.29, 0.717) is 12.5 Å². The highest BCUT2D eigenvalue weighted by molar-refractivity contribution is 7.17. The lowest BCUT2D eigenvalue weighted by Gasteiger charge is -2.23. The minimum absolute atomic E-state index is 0.400. The molecule has 1 aliphatic rings. The quantitative estimate of drug-likeness (QED) is 0.554. The Morgan fingerprint density at radius 2 is 1.78 bits per heavy atom. The minimum atomic E-state index is 0.400. The molecule has 1 N–H and O–H groups in total. The zero-order chi connectivity index (χ0) is 6.69. The normalized spacial score (nSPS) is 36.7. The van der Waals surface area contributed by atoms with Crippen molar-refractivity contribution in [2.75, 3.05) is 6.61 Å². The van der Waals surface area contributed by atoms with Crippen LogP contribution in [0.5, 0.6) is 0 Å². The number of aliphatic hydroxyl groups excluding tert-OH is 1. The van der Waals surface area contributed by atoms with Crippen LogP contribution in [0.2, 0.25) is 0 Å². The molecule has 1 nitrogen and oxygen atoms in total. The van der Waals surface area contributed by atoms with Crippen LogP contribution in [0.3, 0.4) is 0 Å². The molecular weight excluding hydrogens is 131 g/mol.